The molecule has 1 aromatic heterocycles. The summed E-state index contributed by atoms with van der Waals surface area (Å²) in [6, 6.07) is 2.24. The van der Waals surface area contributed by atoms with Crippen molar-refractivity contribution in [3.05, 3.63) is 24.0 Å². The Morgan fingerprint density at radius 3 is 3.00 bits per heavy atom. The number of piperidine rings is 1. The molecule has 2 N–H and O–H groups in total. The number of hydrogen-bond donors (Lipinski definition) is 2. The molecule has 1 aromatic rings. The smallest absolute Gasteiger partial charge is 0.00402 e. The lowest BCUT2D eigenvalue weighted by atomic mass is 9.91. The number of nitrogens with one attached hydrogen (secondary N) is 2. The molecule has 3 atom stereocenters. The van der Waals surface area contributed by atoms with Crippen LogP contribution in [-0.2, 0) is 0 Å². The lowest BCUT2D eigenvalue weighted by molar-refractivity contribution is 0.371. The SMILES string of the molecule is c1cc(C2CC3CNCC2C3)c[nH]1. The molecule has 1 saturated heterocycles. The summed E-state index contributed by atoms with van der Waals surface area (Å²) >= 11 is 0. The lowest BCUT2D eigenvalue weighted by Crippen LogP contribution is -2.31. The lowest BCUT2D eigenvalue weighted by Gasteiger charge is -2.21. The molecule has 2 aliphatic rings. The maximum atomic E-state index is 3.53. The van der Waals surface area contributed by atoms with Crippen LogP contribution >= 0.6 is 0 Å². The first-order chi connectivity index (χ1) is 6.43. The third-order valence-corrected chi connectivity index (χ3v) is 3.68. The van der Waals surface area contributed by atoms with Gasteiger partial charge in [-0.25, -0.2) is 0 Å². The number of aromatic amines is 1. The highest BCUT2D eigenvalue weighted by atomic mass is 14.9. The maximum Gasteiger partial charge on any atom is 0.00402 e. The summed E-state index contributed by atoms with van der Waals surface area (Å²) in [5.41, 5.74) is 1.52. The predicted octanol–water partition coefficient (Wildman–Crippen LogP) is 1.73. The van der Waals surface area contributed by atoms with Crippen molar-refractivity contribution in [2.75, 3.05) is 13.1 Å². The standard InChI is InChI=1S/C11H16N2/c1-2-12-6-9(1)11-4-8-3-10(11)7-13-5-8/h1-2,6,8,10-13H,3-5,7H2. The van der Waals surface area contributed by atoms with Crippen LogP contribution in [0.3, 0.4) is 0 Å². The molecule has 0 spiro atoms. The fourth-order valence-corrected chi connectivity index (χ4v) is 3.08. The van der Waals surface area contributed by atoms with Gasteiger partial charge in [-0.2, -0.15) is 0 Å². The van der Waals surface area contributed by atoms with Crippen molar-refractivity contribution in [1.29, 1.82) is 0 Å². The normalized spacial score (nSPS) is 38.0. The molecule has 2 fully saturated rings. The Balaban J connectivity index is 1.86. The van der Waals surface area contributed by atoms with Crippen LogP contribution in [0.25, 0.3) is 0 Å². The van der Waals surface area contributed by atoms with E-state index in [1.165, 1.54) is 31.5 Å². The van der Waals surface area contributed by atoms with Crippen molar-refractivity contribution < 1.29 is 0 Å². The molecule has 0 amide bonds. The third kappa shape index (κ3) is 1.20. The summed E-state index contributed by atoms with van der Waals surface area (Å²) in [4.78, 5) is 3.17. The van der Waals surface area contributed by atoms with Gasteiger partial charge in [0, 0.05) is 12.4 Å². The minimum atomic E-state index is 0.825. The minimum absolute atomic E-state index is 0.825. The molecule has 0 aromatic carbocycles. The molecule has 1 saturated carbocycles. The van der Waals surface area contributed by atoms with E-state index in [4.69, 9.17) is 0 Å². The monoisotopic (exact) mass is 176 g/mol. The zero-order valence-electron chi connectivity index (χ0n) is 7.79. The van der Waals surface area contributed by atoms with Gasteiger partial charge in [0.25, 0.3) is 0 Å². The van der Waals surface area contributed by atoms with Crippen molar-refractivity contribution in [1.82, 2.24) is 10.3 Å². The van der Waals surface area contributed by atoms with Crippen molar-refractivity contribution in [3.8, 4) is 0 Å². The average molecular weight is 176 g/mol. The molecule has 2 heterocycles. The largest absolute Gasteiger partial charge is 0.367 e. The van der Waals surface area contributed by atoms with Crippen LogP contribution in [0, 0.1) is 11.8 Å². The minimum Gasteiger partial charge on any atom is -0.367 e. The van der Waals surface area contributed by atoms with E-state index in [9.17, 15) is 0 Å². The molecule has 2 heteroatoms. The van der Waals surface area contributed by atoms with Gasteiger partial charge in [0.2, 0.25) is 0 Å². The Kier molecular flexibility index (Phi) is 1.69. The first kappa shape index (κ1) is 7.63. The highest BCUT2D eigenvalue weighted by Gasteiger charge is 2.37. The molecule has 0 radical (unpaired) electrons. The first-order valence-electron chi connectivity index (χ1n) is 5.27. The molecule has 2 nitrogen and oxygen atoms in total. The second-order valence-corrected chi connectivity index (χ2v) is 4.51. The highest BCUT2D eigenvalue weighted by Crippen LogP contribution is 2.44. The Morgan fingerprint density at radius 1 is 1.23 bits per heavy atom. The van der Waals surface area contributed by atoms with Crippen molar-refractivity contribution in [2.24, 2.45) is 11.8 Å². The van der Waals surface area contributed by atoms with E-state index in [-0.39, 0.29) is 0 Å². The zero-order valence-corrected chi connectivity index (χ0v) is 7.79. The number of hydrogen-bond acceptors (Lipinski definition) is 1. The van der Waals surface area contributed by atoms with Crippen LogP contribution in [0.2, 0.25) is 0 Å². The molecule has 70 valence electrons. The summed E-state index contributed by atoms with van der Waals surface area (Å²) in [5, 5.41) is 3.53. The molecule has 3 rings (SSSR count). The molecule has 1 aliphatic heterocycles. The van der Waals surface area contributed by atoms with Crippen LogP contribution in [-0.4, -0.2) is 18.1 Å². The summed E-state index contributed by atoms with van der Waals surface area (Å²) in [7, 11) is 0. The first-order valence-corrected chi connectivity index (χ1v) is 5.27. The fraction of sp³-hybridized carbons (Fsp3) is 0.636. The molecular weight excluding hydrogens is 160 g/mol. The van der Waals surface area contributed by atoms with E-state index in [2.05, 4.69) is 22.6 Å². The van der Waals surface area contributed by atoms with Crippen LogP contribution in [0.5, 0.6) is 0 Å². The second-order valence-electron chi connectivity index (χ2n) is 4.51. The Labute approximate surface area is 78.7 Å². The third-order valence-electron chi connectivity index (χ3n) is 3.68. The average Bonchev–Trinajstić information content (AvgIpc) is 2.74. The van der Waals surface area contributed by atoms with Gasteiger partial charge >= 0.3 is 0 Å². The summed E-state index contributed by atoms with van der Waals surface area (Å²) < 4.78 is 0. The van der Waals surface area contributed by atoms with E-state index >= 15 is 0 Å². The summed E-state index contributed by atoms with van der Waals surface area (Å²) in [6.07, 6.45) is 7.06. The number of rotatable bonds is 1. The van der Waals surface area contributed by atoms with Gasteiger partial charge in [0.15, 0.2) is 0 Å². The summed E-state index contributed by atoms with van der Waals surface area (Å²) in [6.45, 7) is 2.48. The van der Waals surface area contributed by atoms with E-state index < -0.39 is 0 Å². The molecule has 13 heavy (non-hydrogen) atoms. The molecule has 2 bridgehead atoms. The second kappa shape index (κ2) is 2.88. The van der Waals surface area contributed by atoms with Gasteiger partial charge in [0.05, 0.1) is 0 Å². The Bertz CT molecular complexity index is 278. The zero-order chi connectivity index (χ0) is 8.67. The van der Waals surface area contributed by atoms with Gasteiger partial charge in [-0.1, -0.05) is 0 Å². The Morgan fingerprint density at radius 2 is 2.23 bits per heavy atom. The topological polar surface area (TPSA) is 27.8 Å². The van der Waals surface area contributed by atoms with Crippen LogP contribution in [0.4, 0.5) is 0 Å². The van der Waals surface area contributed by atoms with Crippen molar-refractivity contribution >= 4 is 0 Å². The number of H-pyrrole nitrogens is 1. The van der Waals surface area contributed by atoms with Gasteiger partial charge in [-0.15, -0.1) is 0 Å². The van der Waals surface area contributed by atoms with Gasteiger partial charge in [-0.3, -0.25) is 0 Å². The van der Waals surface area contributed by atoms with Gasteiger partial charge < -0.3 is 10.3 Å². The van der Waals surface area contributed by atoms with Crippen molar-refractivity contribution in [2.45, 2.75) is 18.8 Å². The summed E-state index contributed by atoms with van der Waals surface area (Å²) in [5.74, 6) is 2.67. The van der Waals surface area contributed by atoms with E-state index in [0.717, 1.165) is 17.8 Å². The molecular formula is C11H16N2. The number of aromatic nitrogens is 1. The van der Waals surface area contributed by atoms with Crippen LogP contribution < -0.4 is 5.32 Å². The van der Waals surface area contributed by atoms with Crippen LogP contribution in [0.15, 0.2) is 18.5 Å². The van der Waals surface area contributed by atoms with Crippen molar-refractivity contribution in [3.63, 3.8) is 0 Å². The molecule has 1 aliphatic carbocycles. The molecule has 3 unspecified atom stereocenters. The van der Waals surface area contributed by atoms with E-state index in [0.29, 0.717) is 0 Å². The van der Waals surface area contributed by atoms with E-state index in [1.54, 1.807) is 0 Å². The van der Waals surface area contributed by atoms with Gasteiger partial charge in [0.1, 0.15) is 0 Å². The predicted molar refractivity (Wildman–Crippen MR) is 52.6 cm³/mol. The Hall–Kier alpha value is -0.760. The van der Waals surface area contributed by atoms with Crippen LogP contribution in [0.1, 0.15) is 24.3 Å². The van der Waals surface area contributed by atoms with Gasteiger partial charge in [-0.05, 0) is 55.3 Å². The maximum absolute atomic E-state index is 3.53. The number of fused-ring (bicyclic) bond motifs is 2. The van der Waals surface area contributed by atoms with E-state index in [1.807, 2.05) is 6.20 Å². The highest BCUT2D eigenvalue weighted by molar-refractivity contribution is 5.19. The fourth-order valence-electron chi connectivity index (χ4n) is 3.08. The quantitative estimate of drug-likeness (QED) is 0.670.